The van der Waals surface area contributed by atoms with Gasteiger partial charge in [-0.1, -0.05) is 42.5 Å². The van der Waals surface area contributed by atoms with Gasteiger partial charge in [-0.05, 0) is 37.1 Å². The molecule has 29 heavy (non-hydrogen) atoms. The van der Waals surface area contributed by atoms with Crippen LogP contribution in [0.3, 0.4) is 0 Å². The number of carbonyl (C=O) groups excluding carboxylic acids is 2. The second-order valence-corrected chi connectivity index (χ2v) is 8.03. The van der Waals surface area contributed by atoms with Gasteiger partial charge in [0.2, 0.25) is 5.91 Å². The number of nitrogens with one attached hydrogen (secondary N) is 2. The molecule has 0 saturated heterocycles. The lowest BCUT2D eigenvalue weighted by atomic mass is 10.0. The van der Waals surface area contributed by atoms with E-state index in [-0.39, 0.29) is 12.2 Å². The van der Waals surface area contributed by atoms with Gasteiger partial charge in [0.25, 0.3) is 0 Å². The Morgan fingerprint density at radius 3 is 2.28 bits per heavy atom. The summed E-state index contributed by atoms with van der Waals surface area (Å²) >= 11 is 3.96. The van der Waals surface area contributed by atoms with Gasteiger partial charge in [0.1, 0.15) is 17.7 Å². The van der Waals surface area contributed by atoms with Crippen LogP contribution in [-0.4, -0.2) is 46.5 Å². The Kier molecular flexibility index (Phi) is 7.50. The number of fused-ring (bicyclic) bond motifs is 1. The van der Waals surface area contributed by atoms with Gasteiger partial charge in [-0.25, -0.2) is 9.59 Å². The van der Waals surface area contributed by atoms with Crippen molar-refractivity contribution in [3.63, 3.8) is 0 Å². The van der Waals surface area contributed by atoms with Crippen molar-refractivity contribution in [2.45, 2.75) is 44.9 Å². The largest absolute Gasteiger partial charge is 0.480 e. The molecule has 0 bridgehead atoms. The number of carboxylic acid groups (broad SMARTS) is 1. The highest BCUT2D eigenvalue weighted by atomic mass is 32.1. The molecule has 0 aliphatic carbocycles. The first-order valence-electron chi connectivity index (χ1n) is 9.20. The molecule has 0 aliphatic rings. The summed E-state index contributed by atoms with van der Waals surface area (Å²) in [6, 6.07) is 11.3. The Bertz CT molecular complexity index is 894. The third kappa shape index (κ3) is 6.98. The molecular weight excluding hydrogens is 392 g/mol. The summed E-state index contributed by atoms with van der Waals surface area (Å²) in [4.78, 5) is 36.2. The van der Waals surface area contributed by atoms with E-state index in [0.717, 1.165) is 16.3 Å². The zero-order chi connectivity index (χ0) is 21.6. The van der Waals surface area contributed by atoms with Crippen LogP contribution < -0.4 is 10.6 Å². The maximum absolute atomic E-state index is 12.7. The number of benzene rings is 2. The molecule has 7 nitrogen and oxygen atoms in total. The molecule has 2 atom stereocenters. The fourth-order valence-corrected chi connectivity index (χ4v) is 2.97. The molecule has 0 unspecified atom stereocenters. The fraction of sp³-hybridized carbons (Fsp3) is 0.381. The topological polar surface area (TPSA) is 105 Å². The van der Waals surface area contributed by atoms with E-state index in [1.807, 2.05) is 42.5 Å². The van der Waals surface area contributed by atoms with Crippen LogP contribution in [0, 0.1) is 0 Å². The number of alkyl carbamates (subject to hydrolysis) is 1. The lowest BCUT2D eigenvalue weighted by molar-refractivity contribution is -0.141. The minimum Gasteiger partial charge on any atom is -0.480 e. The van der Waals surface area contributed by atoms with Crippen LogP contribution in [-0.2, 0) is 20.7 Å². The lowest BCUT2D eigenvalue weighted by Gasteiger charge is -2.24. The number of aliphatic carboxylic acids is 1. The molecule has 0 aromatic heterocycles. The van der Waals surface area contributed by atoms with E-state index in [1.165, 1.54) is 0 Å². The minimum absolute atomic E-state index is 0.0732. The number of hydrogen-bond donors (Lipinski definition) is 4. The summed E-state index contributed by atoms with van der Waals surface area (Å²) in [7, 11) is 0. The van der Waals surface area contributed by atoms with Crippen LogP contribution in [0.2, 0.25) is 0 Å². The lowest BCUT2D eigenvalue weighted by Crippen LogP contribution is -2.53. The molecule has 0 fully saturated rings. The number of thiol groups is 1. The summed E-state index contributed by atoms with van der Waals surface area (Å²) in [6.07, 6.45) is -0.578. The first kappa shape index (κ1) is 22.5. The van der Waals surface area contributed by atoms with Crippen LogP contribution in [0.15, 0.2) is 42.5 Å². The predicted molar refractivity (Wildman–Crippen MR) is 114 cm³/mol. The van der Waals surface area contributed by atoms with Crippen molar-refractivity contribution >= 4 is 41.4 Å². The minimum atomic E-state index is -1.20. The normalized spacial score (nSPS) is 13.4. The van der Waals surface area contributed by atoms with E-state index in [9.17, 15) is 19.5 Å². The van der Waals surface area contributed by atoms with Crippen LogP contribution in [0.25, 0.3) is 10.8 Å². The number of rotatable bonds is 7. The van der Waals surface area contributed by atoms with Crippen molar-refractivity contribution in [1.82, 2.24) is 10.6 Å². The predicted octanol–water partition coefficient (Wildman–Crippen LogP) is 2.77. The van der Waals surface area contributed by atoms with Gasteiger partial charge in [0.15, 0.2) is 0 Å². The van der Waals surface area contributed by atoms with E-state index in [2.05, 4.69) is 23.3 Å². The molecule has 3 N–H and O–H groups in total. The summed E-state index contributed by atoms with van der Waals surface area (Å²) in [5, 5.41) is 16.2. The second kappa shape index (κ2) is 9.65. The fourth-order valence-electron chi connectivity index (χ4n) is 2.72. The molecular formula is C21H26N2O5S. The molecule has 2 aromatic carbocycles. The Morgan fingerprint density at radius 1 is 1.03 bits per heavy atom. The smallest absolute Gasteiger partial charge is 0.408 e. The molecule has 2 rings (SSSR count). The standard InChI is InChI=1S/C21H26N2O5S/c1-21(2,3)28-20(27)23-16(18(24)22-17(12-29)19(25)26)11-13-8-9-14-6-4-5-7-15(14)10-13/h4-10,16-17,29H,11-12H2,1-3H3,(H,22,24)(H,23,27)(H,25,26)/t16-,17-/m0/s1. The van der Waals surface area contributed by atoms with Crippen molar-refractivity contribution in [2.24, 2.45) is 0 Å². The van der Waals surface area contributed by atoms with E-state index in [0.29, 0.717) is 0 Å². The molecule has 156 valence electrons. The van der Waals surface area contributed by atoms with Gasteiger partial charge in [0, 0.05) is 12.2 Å². The molecule has 2 amide bonds. The summed E-state index contributed by atoms with van der Waals surface area (Å²) in [5.74, 6) is -1.89. The van der Waals surface area contributed by atoms with Gasteiger partial charge in [-0.3, -0.25) is 4.79 Å². The van der Waals surface area contributed by atoms with Crippen LogP contribution in [0.1, 0.15) is 26.3 Å². The average molecular weight is 419 g/mol. The van der Waals surface area contributed by atoms with E-state index < -0.39 is 35.7 Å². The maximum atomic E-state index is 12.7. The highest BCUT2D eigenvalue weighted by molar-refractivity contribution is 7.80. The van der Waals surface area contributed by atoms with Gasteiger partial charge < -0.3 is 20.5 Å². The molecule has 0 spiro atoms. The summed E-state index contributed by atoms with van der Waals surface area (Å²) in [5.41, 5.74) is 0.0839. The summed E-state index contributed by atoms with van der Waals surface area (Å²) < 4.78 is 5.24. The first-order valence-corrected chi connectivity index (χ1v) is 9.83. The quantitative estimate of drug-likeness (QED) is 0.518. The highest BCUT2D eigenvalue weighted by Crippen LogP contribution is 2.17. The Hall–Kier alpha value is -2.74. The van der Waals surface area contributed by atoms with Crippen LogP contribution >= 0.6 is 12.6 Å². The number of amides is 2. The van der Waals surface area contributed by atoms with Crippen molar-refractivity contribution in [3.05, 3.63) is 48.0 Å². The SMILES string of the molecule is CC(C)(C)OC(=O)N[C@@H](Cc1ccc2ccccc2c1)C(=O)N[C@@H](CS)C(=O)O. The second-order valence-electron chi connectivity index (χ2n) is 7.67. The van der Waals surface area contributed by atoms with Crippen molar-refractivity contribution < 1.29 is 24.2 Å². The Labute approximate surface area is 175 Å². The highest BCUT2D eigenvalue weighted by Gasteiger charge is 2.28. The first-order chi connectivity index (χ1) is 13.6. The van der Waals surface area contributed by atoms with Crippen LogP contribution in [0.5, 0.6) is 0 Å². The molecule has 0 aliphatic heterocycles. The maximum Gasteiger partial charge on any atom is 0.408 e. The van der Waals surface area contributed by atoms with Crippen LogP contribution in [0.4, 0.5) is 4.79 Å². The number of ether oxygens (including phenoxy) is 1. The van der Waals surface area contributed by atoms with Crippen molar-refractivity contribution in [3.8, 4) is 0 Å². The van der Waals surface area contributed by atoms with E-state index >= 15 is 0 Å². The van der Waals surface area contributed by atoms with Crippen molar-refractivity contribution in [2.75, 3.05) is 5.75 Å². The molecule has 0 radical (unpaired) electrons. The summed E-state index contributed by atoms with van der Waals surface area (Å²) in [6.45, 7) is 5.14. The van der Waals surface area contributed by atoms with E-state index in [1.54, 1.807) is 20.8 Å². The monoisotopic (exact) mass is 418 g/mol. The third-order valence-electron chi connectivity index (χ3n) is 4.06. The zero-order valence-electron chi connectivity index (χ0n) is 16.6. The third-order valence-corrected chi connectivity index (χ3v) is 4.42. The van der Waals surface area contributed by atoms with Crippen molar-refractivity contribution in [1.29, 1.82) is 0 Å². The average Bonchev–Trinajstić information content (AvgIpc) is 2.63. The number of carboxylic acids is 1. The van der Waals surface area contributed by atoms with Gasteiger partial charge in [-0.15, -0.1) is 0 Å². The Balaban J connectivity index is 2.23. The zero-order valence-corrected chi connectivity index (χ0v) is 17.5. The van der Waals surface area contributed by atoms with Gasteiger partial charge in [-0.2, -0.15) is 12.6 Å². The molecule has 0 heterocycles. The Morgan fingerprint density at radius 2 is 1.69 bits per heavy atom. The molecule has 2 aromatic rings. The number of hydrogen-bond acceptors (Lipinski definition) is 5. The molecule has 8 heteroatoms. The number of carbonyl (C=O) groups is 3. The van der Waals surface area contributed by atoms with Gasteiger partial charge in [0.05, 0.1) is 0 Å². The molecule has 0 saturated carbocycles. The van der Waals surface area contributed by atoms with Gasteiger partial charge >= 0.3 is 12.1 Å². The van der Waals surface area contributed by atoms with E-state index in [4.69, 9.17) is 4.74 Å².